The molecule has 2 heterocycles. The number of hydrogen-bond donors (Lipinski definition) is 1. The van der Waals surface area contributed by atoms with E-state index in [0.29, 0.717) is 0 Å². The van der Waals surface area contributed by atoms with Crippen molar-refractivity contribution in [3.63, 3.8) is 0 Å². The second-order valence-electron chi connectivity index (χ2n) is 6.53. The van der Waals surface area contributed by atoms with Crippen molar-refractivity contribution >= 4 is 16.6 Å². The van der Waals surface area contributed by atoms with Crippen LogP contribution < -0.4 is 4.90 Å². The molecule has 1 aromatic heterocycles. The van der Waals surface area contributed by atoms with Crippen LogP contribution in [0.15, 0.2) is 30.5 Å². The van der Waals surface area contributed by atoms with Crippen LogP contribution >= 0.6 is 0 Å². The molecule has 1 aliphatic carbocycles. The summed E-state index contributed by atoms with van der Waals surface area (Å²) in [6, 6.07) is 9.67. The topological polar surface area (TPSA) is 22.3 Å². The number of rotatable bonds is 2. The summed E-state index contributed by atoms with van der Waals surface area (Å²) in [4.78, 5) is 8.63. The van der Waals surface area contributed by atoms with Crippen LogP contribution in [0.1, 0.15) is 32.1 Å². The van der Waals surface area contributed by atoms with Crippen molar-refractivity contribution in [3.05, 3.63) is 30.5 Å². The zero-order valence-corrected chi connectivity index (χ0v) is 12.7. The van der Waals surface area contributed by atoms with Crippen molar-refractivity contribution in [3.8, 4) is 0 Å². The number of aromatic nitrogens is 1. The maximum atomic E-state index is 3.32. The van der Waals surface area contributed by atoms with Crippen LogP contribution in [0.3, 0.4) is 0 Å². The standard InChI is InChI=1S/C18H25N3/c1-2-5-15(6-3-1)20-11-13-21(14-12-20)18-8-4-7-17-16(18)9-10-19-17/h4,7-10,15,19H,1-3,5-6,11-14H2. The van der Waals surface area contributed by atoms with Gasteiger partial charge in [-0.05, 0) is 31.0 Å². The fourth-order valence-corrected chi connectivity index (χ4v) is 4.12. The van der Waals surface area contributed by atoms with E-state index in [1.54, 1.807) is 0 Å². The van der Waals surface area contributed by atoms with Gasteiger partial charge in [0.15, 0.2) is 0 Å². The molecule has 4 rings (SSSR count). The molecule has 1 saturated carbocycles. The third-order valence-electron chi connectivity index (χ3n) is 5.32. The molecule has 2 aliphatic rings. The number of fused-ring (bicyclic) bond motifs is 1. The quantitative estimate of drug-likeness (QED) is 0.909. The highest BCUT2D eigenvalue weighted by molar-refractivity contribution is 5.92. The van der Waals surface area contributed by atoms with Crippen LogP contribution in [0.4, 0.5) is 5.69 Å². The molecule has 1 saturated heterocycles. The van der Waals surface area contributed by atoms with Crippen LogP contribution in [0.25, 0.3) is 10.9 Å². The smallest absolute Gasteiger partial charge is 0.0474 e. The first-order valence-corrected chi connectivity index (χ1v) is 8.47. The Hall–Kier alpha value is -1.48. The lowest BCUT2D eigenvalue weighted by molar-refractivity contribution is 0.148. The molecule has 2 aromatic rings. The predicted molar refractivity (Wildman–Crippen MR) is 89.0 cm³/mol. The molecule has 1 N–H and O–H groups in total. The molecule has 2 fully saturated rings. The first-order valence-electron chi connectivity index (χ1n) is 8.47. The SMILES string of the molecule is c1cc(N2CCN(C3CCCCC3)CC2)c2cc[nH]c2c1. The first-order chi connectivity index (χ1) is 10.4. The molecule has 1 aromatic carbocycles. The number of H-pyrrole nitrogens is 1. The van der Waals surface area contributed by atoms with E-state index in [2.05, 4.69) is 39.0 Å². The Morgan fingerprint density at radius 1 is 0.905 bits per heavy atom. The maximum Gasteiger partial charge on any atom is 0.0474 e. The van der Waals surface area contributed by atoms with Gasteiger partial charge in [0.1, 0.15) is 0 Å². The van der Waals surface area contributed by atoms with E-state index in [4.69, 9.17) is 0 Å². The number of nitrogens with zero attached hydrogens (tertiary/aromatic N) is 2. The molecule has 0 bridgehead atoms. The van der Waals surface area contributed by atoms with Gasteiger partial charge in [0, 0.05) is 55.0 Å². The van der Waals surface area contributed by atoms with E-state index in [0.717, 1.165) is 6.04 Å². The minimum atomic E-state index is 0.865. The normalized spacial score (nSPS) is 22.0. The van der Waals surface area contributed by atoms with Gasteiger partial charge in [0.05, 0.1) is 0 Å². The highest BCUT2D eigenvalue weighted by Gasteiger charge is 2.25. The molecule has 3 nitrogen and oxygen atoms in total. The lowest BCUT2D eigenvalue weighted by atomic mass is 9.94. The van der Waals surface area contributed by atoms with Gasteiger partial charge >= 0.3 is 0 Å². The maximum absolute atomic E-state index is 3.32. The molecular formula is C18H25N3. The van der Waals surface area contributed by atoms with E-state index in [1.807, 2.05) is 6.20 Å². The van der Waals surface area contributed by atoms with Gasteiger partial charge in [0.2, 0.25) is 0 Å². The molecule has 0 unspecified atom stereocenters. The second kappa shape index (κ2) is 5.72. The van der Waals surface area contributed by atoms with Crippen molar-refractivity contribution in [2.24, 2.45) is 0 Å². The highest BCUT2D eigenvalue weighted by Crippen LogP contribution is 2.28. The lowest BCUT2D eigenvalue weighted by Gasteiger charge is -2.41. The Kier molecular flexibility index (Phi) is 3.60. The average Bonchev–Trinajstić information content (AvgIpc) is 3.04. The summed E-state index contributed by atoms with van der Waals surface area (Å²) < 4.78 is 0. The molecule has 3 heteroatoms. The van der Waals surface area contributed by atoms with Gasteiger partial charge < -0.3 is 9.88 Å². The number of hydrogen-bond acceptors (Lipinski definition) is 2. The minimum absolute atomic E-state index is 0.865. The highest BCUT2D eigenvalue weighted by atomic mass is 15.3. The summed E-state index contributed by atoms with van der Waals surface area (Å²) in [5.74, 6) is 0. The number of aromatic amines is 1. The van der Waals surface area contributed by atoms with E-state index in [-0.39, 0.29) is 0 Å². The largest absolute Gasteiger partial charge is 0.368 e. The Morgan fingerprint density at radius 2 is 1.71 bits per heavy atom. The molecular weight excluding hydrogens is 258 g/mol. The second-order valence-corrected chi connectivity index (χ2v) is 6.53. The third-order valence-corrected chi connectivity index (χ3v) is 5.32. The van der Waals surface area contributed by atoms with Crippen LogP contribution in [0, 0.1) is 0 Å². The molecule has 0 amide bonds. The van der Waals surface area contributed by atoms with Crippen molar-refractivity contribution in [2.45, 2.75) is 38.1 Å². The monoisotopic (exact) mass is 283 g/mol. The number of nitrogens with one attached hydrogen (secondary N) is 1. The van der Waals surface area contributed by atoms with Crippen LogP contribution in [0.2, 0.25) is 0 Å². The molecule has 0 spiro atoms. The molecule has 112 valence electrons. The van der Waals surface area contributed by atoms with Crippen molar-refractivity contribution in [2.75, 3.05) is 31.1 Å². The summed E-state index contributed by atoms with van der Waals surface area (Å²) in [6.07, 6.45) is 9.22. The van der Waals surface area contributed by atoms with Crippen molar-refractivity contribution < 1.29 is 0 Å². The van der Waals surface area contributed by atoms with Gasteiger partial charge in [0.25, 0.3) is 0 Å². The Morgan fingerprint density at radius 3 is 2.52 bits per heavy atom. The van der Waals surface area contributed by atoms with E-state index >= 15 is 0 Å². The Bertz CT molecular complexity index is 589. The summed E-state index contributed by atoms with van der Waals surface area (Å²) >= 11 is 0. The van der Waals surface area contributed by atoms with Gasteiger partial charge in [-0.25, -0.2) is 0 Å². The molecule has 1 aliphatic heterocycles. The van der Waals surface area contributed by atoms with Crippen LogP contribution in [-0.2, 0) is 0 Å². The number of anilines is 1. The lowest BCUT2D eigenvalue weighted by Crippen LogP contribution is -2.50. The Balaban J connectivity index is 1.46. The first kappa shape index (κ1) is 13.2. The molecule has 0 atom stereocenters. The summed E-state index contributed by atoms with van der Waals surface area (Å²) in [5, 5.41) is 1.36. The summed E-state index contributed by atoms with van der Waals surface area (Å²) in [6.45, 7) is 4.79. The third kappa shape index (κ3) is 2.55. The zero-order chi connectivity index (χ0) is 14.1. The van der Waals surface area contributed by atoms with Crippen LogP contribution in [0.5, 0.6) is 0 Å². The summed E-state index contributed by atoms with van der Waals surface area (Å²) in [5.41, 5.74) is 2.65. The minimum Gasteiger partial charge on any atom is -0.368 e. The number of benzene rings is 1. The van der Waals surface area contributed by atoms with E-state index < -0.39 is 0 Å². The van der Waals surface area contributed by atoms with Crippen LogP contribution in [-0.4, -0.2) is 42.1 Å². The van der Waals surface area contributed by atoms with Gasteiger partial charge in [-0.1, -0.05) is 25.3 Å². The van der Waals surface area contributed by atoms with E-state index in [1.165, 1.54) is 74.9 Å². The van der Waals surface area contributed by atoms with Gasteiger partial charge in [-0.15, -0.1) is 0 Å². The zero-order valence-electron chi connectivity index (χ0n) is 12.7. The van der Waals surface area contributed by atoms with Gasteiger partial charge in [-0.3, -0.25) is 4.90 Å². The fourth-order valence-electron chi connectivity index (χ4n) is 4.12. The average molecular weight is 283 g/mol. The summed E-state index contributed by atoms with van der Waals surface area (Å²) in [7, 11) is 0. The van der Waals surface area contributed by atoms with Crippen molar-refractivity contribution in [1.29, 1.82) is 0 Å². The van der Waals surface area contributed by atoms with Crippen molar-refractivity contribution in [1.82, 2.24) is 9.88 Å². The molecule has 21 heavy (non-hydrogen) atoms. The van der Waals surface area contributed by atoms with E-state index in [9.17, 15) is 0 Å². The predicted octanol–water partition coefficient (Wildman–Crippen LogP) is 3.62. The van der Waals surface area contributed by atoms with Gasteiger partial charge in [-0.2, -0.15) is 0 Å². The molecule has 0 radical (unpaired) electrons. The fraction of sp³-hybridized carbons (Fsp3) is 0.556. The Labute approximate surface area is 126 Å². The number of piperazine rings is 1.